The van der Waals surface area contributed by atoms with Crippen LogP contribution in [0.3, 0.4) is 0 Å². The Bertz CT molecular complexity index is 187. The summed E-state index contributed by atoms with van der Waals surface area (Å²) in [5.74, 6) is -1.49. The Labute approximate surface area is 63.1 Å². The van der Waals surface area contributed by atoms with Gasteiger partial charge in [-0.25, -0.2) is 0 Å². The number of nitrogens with zero attached hydrogens (tertiary/aromatic N) is 1. The Hall–Kier alpha value is -0.280. The molecule has 0 saturated heterocycles. The summed E-state index contributed by atoms with van der Waals surface area (Å²) in [4.78, 5) is 10.1. The minimum atomic E-state index is -2.93. The monoisotopic (exact) mass is 145 g/mol. The molecule has 0 fully saturated rings. The molecule has 8 heavy (non-hydrogen) atoms. The fraction of sp³-hybridized carbons (Fsp3) is 0.750. The molecule has 1 N–H and O–H groups in total. The van der Waals surface area contributed by atoms with Crippen LogP contribution in [0.25, 0.3) is 0 Å². The normalized spacial score (nSPS) is 22.6. The molecule has 0 aromatic carbocycles. The van der Waals surface area contributed by atoms with E-state index < -0.39 is 26.5 Å². The second-order valence-corrected chi connectivity index (χ2v) is 0.980. The van der Waals surface area contributed by atoms with Gasteiger partial charge < -0.3 is 5.11 Å². The van der Waals surface area contributed by atoms with E-state index >= 15 is 0 Å². The number of hydrogen-bond donors (Lipinski definition) is 1. The number of carbonyl (C=O) groups is 1. The van der Waals surface area contributed by atoms with Gasteiger partial charge in [-0.15, -0.1) is 12.4 Å². The zero-order valence-corrected chi connectivity index (χ0v) is 4.73. The van der Waals surface area contributed by atoms with Crippen LogP contribution in [-0.4, -0.2) is 36.5 Å². The van der Waals surface area contributed by atoms with Crippen LogP contribution >= 0.6 is 12.4 Å². The summed E-state index contributed by atoms with van der Waals surface area (Å²) in [5, 5.41) is 8.27. The lowest BCUT2D eigenvalue weighted by atomic mass is 10.6. The molecule has 0 aliphatic carbocycles. The van der Waals surface area contributed by atoms with E-state index in [0.717, 1.165) is 0 Å². The number of hydrogen-bond acceptors (Lipinski definition) is 2. The SMILES string of the molecule is Cl.[2H]C([2H])([2H])N(CC(=O)O)C([2H])([2H])[2H]. The van der Waals surface area contributed by atoms with E-state index in [1.165, 1.54) is 0 Å². The average molecular weight is 146 g/mol. The predicted molar refractivity (Wildman–Crippen MR) is 33.4 cm³/mol. The van der Waals surface area contributed by atoms with Gasteiger partial charge >= 0.3 is 5.97 Å². The van der Waals surface area contributed by atoms with Crippen LogP contribution in [0.1, 0.15) is 8.22 Å². The van der Waals surface area contributed by atoms with Gasteiger partial charge in [-0.2, -0.15) is 0 Å². The minimum absolute atomic E-state index is 0. The molecule has 0 aromatic heterocycles. The van der Waals surface area contributed by atoms with Gasteiger partial charge in [-0.3, -0.25) is 9.69 Å². The predicted octanol–water partition coefficient (Wildman–Crippen LogP) is 0.0544. The molecular weight excluding hydrogens is 130 g/mol. The Kier molecular flexibility index (Phi) is 1.54. The topological polar surface area (TPSA) is 40.5 Å². The van der Waals surface area contributed by atoms with Crippen molar-refractivity contribution in [3.8, 4) is 0 Å². The quantitative estimate of drug-likeness (QED) is 0.597. The summed E-state index contributed by atoms with van der Waals surface area (Å²) in [7, 11) is 0. The lowest BCUT2D eigenvalue weighted by Gasteiger charge is -2.01. The number of carboxylic acids is 1. The molecule has 0 heterocycles. The van der Waals surface area contributed by atoms with Gasteiger partial charge in [0, 0.05) is 8.22 Å². The summed E-state index contributed by atoms with van der Waals surface area (Å²) in [6.07, 6.45) is 0. The molecule has 0 unspecified atom stereocenters. The van der Waals surface area contributed by atoms with Crippen LogP contribution in [0.5, 0.6) is 0 Å². The molecule has 0 rings (SSSR count). The average Bonchev–Trinajstić information content (AvgIpc) is 1.77. The van der Waals surface area contributed by atoms with Gasteiger partial charge in [0.2, 0.25) is 0 Å². The van der Waals surface area contributed by atoms with Crippen LogP contribution in [-0.2, 0) is 4.79 Å². The molecule has 0 aliphatic rings. The number of rotatable bonds is 2. The molecule has 0 spiro atoms. The first-order valence-corrected chi connectivity index (χ1v) is 1.54. The third-order valence-electron chi connectivity index (χ3n) is 0.293. The van der Waals surface area contributed by atoms with E-state index in [1.807, 2.05) is 0 Å². The molecule has 3 nitrogen and oxygen atoms in total. The zero-order valence-electron chi connectivity index (χ0n) is 9.92. The molecule has 50 valence electrons. The van der Waals surface area contributed by atoms with Crippen molar-refractivity contribution in [3.05, 3.63) is 0 Å². The number of aliphatic carboxylic acids is 1. The third kappa shape index (κ3) is 9.21. The molecular formula is C4H10ClNO2. The van der Waals surface area contributed by atoms with Crippen molar-refractivity contribution >= 4 is 18.4 Å². The van der Waals surface area contributed by atoms with Gasteiger partial charge in [0.1, 0.15) is 0 Å². The third-order valence-corrected chi connectivity index (χ3v) is 0.293. The lowest BCUT2D eigenvalue weighted by Crippen LogP contribution is -2.20. The summed E-state index contributed by atoms with van der Waals surface area (Å²) in [6.45, 7) is -6.89. The summed E-state index contributed by atoms with van der Waals surface area (Å²) in [5.41, 5.74) is 0. The van der Waals surface area contributed by atoms with E-state index in [0.29, 0.717) is 0 Å². The number of carboxylic acid groups (broad SMARTS) is 1. The van der Waals surface area contributed by atoms with Crippen molar-refractivity contribution < 1.29 is 18.1 Å². The maximum absolute atomic E-state index is 10.2. The van der Waals surface area contributed by atoms with Gasteiger partial charge in [0.25, 0.3) is 0 Å². The molecule has 0 amide bonds. The molecule has 4 heteroatoms. The molecule has 0 radical (unpaired) electrons. The molecule has 0 atom stereocenters. The molecule has 0 aliphatic heterocycles. The second-order valence-electron chi connectivity index (χ2n) is 0.980. The Morgan fingerprint density at radius 3 is 2.50 bits per heavy atom. The highest BCUT2D eigenvalue weighted by atomic mass is 35.5. The van der Waals surface area contributed by atoms with Gasteiger partial charge in [-0.1, -0.05) is 0 Å². The first-order chi connectivity index (χ1) is 5.55. The number of halogens is 1. The Balaban J connectivity index is 0. The fourth-order valence-electron chi connectivity index (χ4n) is 0.135. The largest absolute Gasteiger partial charge is 0.480 e. The van der Waals surface area contributed by atoms with Crippen LogP contribution in [0.4, 0.5) is 0 Å². The standard InChI is InChI=1S/C4H9NO2.ClH/c1-5(2)3-4(6)7;/h3H2,1-2H3,(H,6,7);1H/i1D3,2D3;. The van der Waals surface area contributed by atoms with Crippen LogP contribution in [0.15, 0.2) is 0 Å². The highest BCUT2D eigenvalue weighted by molar-refractivity contribution is 5.85. The Morgan fingerprint density at radius 1 is 1.88 bits per heavy atom. The first kappa shape index (κ1) is 2.54. The van der Waals surface area contributed by atoms with Crippen molar-refractivity contribution in [1.29, 1.82) is 0 Å². The minimum Gasteiger partial charge on any atom is -0.480 e. The second kappa shape index (κ2) is 4.87. The van der Waals surface area contributed by atoms with Gasteiger partial charge in [0.15, 0.2) is 0 Å². The Morgan fingerprint density at radius 2 is 2.38 bits per heavy atom. The number of likely N-dealkylation sites (N-methyl/N-ethyl adjacent to an activating group) is 1. The van der Waals surface area contributed by atoms with Gasteiger partial charge in [-0.05, 0) is 14.0 Å². The molecule has 0 aromatic rings. The summed E-state index contributed by atoms with van der Waals surface area (Å²) in [6, 6.07) is 0. The maximum atomic E-state index is 10.2. The van der Waals surface area contributed by atoms with Crippen LogP contribution in [0.2, 0.25) is 0 Å². The van der Waals surface area contributed by atoms with Crippen LogP contribution in [0, 0.1) is 0 Å². The smallest absolute Gasteiger partial charge is 0.317 e. The highest BCUT2D eigenvalue weighted by Gasteiger charge is 1.94. The van der Waals surface area contributed by atoms with Crippen molar-refractivity contribution in [1.82, 2.24) is 4.90 Å². The van der Waals surface area contributed by atoms with Crippen molar-refractivity contribution in [3.63, 3.8) is 0 Å². The van der Waals surface area contributed by atoms with E-state index in [9.17, 15) is 4.79 Å². The zero-order chi connectivity index (χ0) is 10.9. The summed E-state index contributed by atoms with van der Waals surface area (Å²) >= 11 is 0. The molecule has 0 bridgehead atoms. The van der Waals surface area contributed by atoms with E-state index in [4.69, 9.17) is 13.3 Å². The first-order valence-electron chi connectivity index (χ1n) is 4.54. The van der Waals surface area contributed by atoms with E-state index in [2.05, 4.69) is 0 Å². The fourth-order valence-corrected chi connectivity index (χ4v) is 0.135. The van der Waals surface area contributed by atoms with Crippen molar-refractivity contribution in [2.75, 3.05) is 20.5 Å². The molecule has 0 saturated carbocycles. The van der Waals surface area contributed by atoms with Crippen molar-refractivity contribution in [2.45, 2.75) is 0 Å². The summed E-state index contributed by atoms with van der Waals surface area (Å²) < 4.78 is 40.6. The van der Waals surface area contributed by atoms with Gasteiger partial charge in [0.05, 0.1) is 6.54 Å². The van der Waals surface area contributed by atoms with E-state index in [1.54, 1.807) is 0 Å². The van der Waals surface area contributed by atoms with E-state index in [-0.39, 0.29) is 17.3 Å². The highest BCUT2D eigenvalue weighted by Crippen LogP contribution is 1.69. The lowest BCUT2D eigenvalue weighted by molar-refractivity contribution is -0.137. The van der Waals surface area contributed by atoms with Crippen LogP contribution < -0.4 is 0 Å². The maximum Gasteiger partial charge on any atom is 0.317 e. The van der Waals surface area contributed by atoms with Crippen molar-refractivity contribution in [2.24, 2.45) is 0 Å².